The third kappa shape index (κ3) is 4.21. The van der Waals surface area contributed by atoms with Gasteiger partial charge in [0.2, 0.25) is 0 Å². The van der Waals surface area contributed by atoms with E-state index in [0.717, 1.165) is 56.9 Å². The fourth-order valence-electron chi connectivity index (χ4n) is 4.97. The molecule has 168 valence electrons. The molecule has 1 atom stereocenters. The van der Waals surface area contributed by atoms with Crippen LogP contribution in [0, 0.1) is 0 Å². The van der Waals surface area contributed by atoms with Crippen molar-refractivity contribution in [1.82, 2.24) is 19.8 Å². The Hall–Kier alpha value is -2.93. The molecule has 1 fully saturated rings. The number of likely N-dealkylation sites (tertiary alicyclic amines) is 1. The summed E-state index contributed by atoms with van der Waals surface area (Å²) in [6, 6.07) is 9.11. The van der Waals surface area contributed by atoms with Crippen molar-refractivity contribution in [3.8, 4) is 0 Å². The van der Waals surface area contributed by atoms with Crippen LogP contribution in [0.25, 0.3) is 10.9 Å². The highest BCUT2D eigenvalue weighted by Gasteiger charge is 2.25. The minimum atomic E-state index is -0.155. The summed E-state index contributed by atoms with van der Waals surface area (Å²) in [5, 5.41) is 3.66. The minimum absolute atomic E-state index is 0.00170. The Kier molecular flexibility index (Phi) is 6.08. The summed E-state index contributed by atoms with van der Waals surface area (Å²) in [6.45, 7) is 3.22. The number of hydrogen-bond acceptors (Lipinski definition) is 5. The highest BCUT2D eigenvalue weighted by Crippen LogP contribution is 2.25. The zero-order chi connectivity index (χ0) is 21.9. The summed E-state index contributed by atoms with van der Waals surface area (Å²) in [5.74, 6) is 1.56. The van der Waals surface area contributed by atoms with Crippen molar-refractivity contribution >= 4 is 16.8 Å². The second kappa shape index (κ2) is 9.28. The van der Waals surface area contributed by atoms with Crippen LogP contribution in [0.4, 0.5) is 0 Å². The van der Waals surface area contributed by atoms with Crippen LogP contribution < -0.4 is 10.9 Å². The number of amides is 1. The number of carbonyl (C=O) groups excluding carboxylic acids is 1. The highest BCUT2D eigenvalue weighted by molar-refractivity contribution is 5.97. The van der Waals surface area contributed by atoms with Gasteiger partial charge in [-0.05, 0) is 69.1 Å². The molecule has 0 saturated carbocycles. The summed E-state index contributed by atoms with van der Waals surface area (Å²) >= 11 is 0. The molecule has 7 nitrogen and oxygen atoms in total. The predicted octanol–water partition coefficient (Wildman–Crippen LogP) is 3.67. The van der Waals surface area contributed by atoms with Gasteiger partial charge in [-0.3, -0.25) is 19.1 Å². The van der Waals surface area contributed by atoms with Gasteiger partial charge in [-0.2, -0.15) is 0 Å². The molecule has 7 heteroatoms. The predicted molar refractivity (Wildman–Crippen MR) is 123 cm³/mol. The van der Waals surface area contributed by atoms with Crippen molar-refractivity contribution in [2.45, 2.75) is 57.5 Å². The smallest absolute Gasteiger partial charge is 0.261 e. The van der Waals surface area contributed by atoms with Crippen molar-refractivity contribution in [2.24, 2.45) is 0 Å². The molecule has 2 aliphatic heterocycles. The molecule has 0 aliphatic carbocycles. The first kappa shape index (κ1) is 20.9. The van der Waals surface area contributed by atoms with Gasteiger partial charge in [0.05, 0.1) is 23.2 Å². The van der Waals surface area contributed by atoms with Crippen molar-refractivity contribution in [3.63, 3.8) is 0 Å². The molecule has 2 aliphatic rings. The molecule has 32 heavy (non-hydrogen) atoms. The summed E-state index contributed by atoms with van der Waals surface area (Å²) in [6.07, 6.45) is 9.24. The van der Waals surface area contributed by atoms with E-state index in [-0.39, 0.29) is 17.5 Å². The van der Waals surface area contributed by atoms with Gasteiger partial charge in [0.15, 0.2) is 0 Å². The first-order chi connectivity index (χ1) is 15.7. The monoisotopic (exact) mass is 434 g/mol. The fraction of sp³-hybridized carbons (Fsp3) is 0.480. The first-order valence-corrected chi connectivity index (χ1v) is 11.8. The average molecular weight is 435 g/mol. The lowest BCUT2D eigenvalue weighted by atomic mass is 10.1. The van der Waals surface area contributed by atoms with Gasteiger partial charge in [0.25, 0.3) is 11.5 Å². The van der Waals surface area contributed by atoms with E-state index in [2.05, 4.69) is 10.2 Å². The molecule has 1 N–H and O–H groups in total. The lowest BCUT2D eigenvalue weighted by Gasteiger charge is -2.33. The molecule has 2 aromatic heterocycles. The number of nitrogens with one attached hydrogen (secondary N) is 1. The van der Waals surface area contributed by atoms with Crippen LogP contribution in [0.15, 0.2) is 45.8 Å². The van der Waals surface area contributed by atoms with E-state index in [1.807, 2.05) is 16.7 Å². The molecule has 0 unspecified atom stereocenters. The number of benzene rings is 1. The Labute approximate surface area is 187 Å². The molecule has 0 radical (unpaired) electrons. The van der Waals surface area contributed by atoms with Crippen LogP contribution in [0.5, 0.6) is 0 Å². The van der Waals surface area contributed by atoms with Gasteiger partial charge in [0.1, 0.15) is 11.6 Å². The van der Waals surface area contributed by atoms with Crippen LogP contribution in [-0.4, -0.2) is 40.0 Å². The molecule has 1 amide bonds. The van der Waals surface area contributed by atoms with Crippen LogP contribution in [-0.2, 0) is 13.0 Å². The van der Waals surface area contributed by atoms with E-state index in [4.69, 9.17) is 9.40 Å². The standard InChI is InChI=1S/C25H30N4O3/c30-24(26-17-21(22-8-7-15-32-22)28-12-4-2-5-13-28)18-10-11-19-20(16-18)27-23-9-3-1-6-14-29(23)25(19)31/h7-8,10-11,15-16,21H,1-6,9,12-14,17H2,(H,26,30)/t21-/m1/s1. The topological polar surface area (TPSA) is 80.4 Å². The normalized spacial score (nSPS) is 18.1. The Morgan fingerprint density at radius 1 is 1.06 bits per heavy atom. The Morgan fingerprint density at radius 3 is 2.69 bits per heavy atom. The first-order valence-electron chi connectivity index (χ1n) is 11.8. The third-order valence-corrected chi connectivity index (χ3v) is 6.74. The van der Waals surface area contributed by atoms with E-state index in [1.165, 1.54) is 19.3 Å². The van der Waals surface area contributed by atoms with E-state index in [0.29, 0.717) is 23.0 Å². The molecular weight excluding hydrogens is 404 g/mol. The summed E-state index contributed by atoms with van der Waals surface area (Å²) in [7, 11) is 0. The number of piperidine rings is 1. The number of nitrogens with zero attached hydrogens (tertiary/aromatic N) is 3. The van der Waals surface area contributed by atoms with Gasteiger partial charge in [0, 0.05) is 25.1 Å². The number of carbonyl (C=O) groups is 1. The second-order valence-corrected chi connectivity index (χ2v) is 8.87. The summed E-state index contributed by atoms with van der Waals surface area (Å²) in [5.41, 5.74) is 1.14. The quantitative estimate of drug-likeness (QED) is 0.663. The van der Waals surface area contributed by atoms with E-state index in [9.17, 15) is 9.59 Å². The zero-order valence-electron chi connectivity index (χ0n) is 18.4. The number of furan rings is 1. The molecule has 1 saturated heterocycles. The van der Waals surface area contributed by atoms with Gasteiger partial charge >= 0.3 is 0 Å². The molecule has 0 bridgehead atoms. The Bertz CT molecular complexity index is 1150. The van der Waals surface area contributed by atoms with Crippen molar-refractivity contribution < 1.29 is 9.21 Å². The lowest BCUT2D eigenvalue weighted by molar-refractivity contribution is 0.0914. The van der Waals surface area contributed by atoms with Gasteiger partial charge in [-0.25, -0.2) is 4.98 Å². The molecular formula is C25H30N4O3. The van der Waals surface area contributed by atoms with Gasteiger partial charge < -0.3 is 9.73 Å². The van der Waals surface area contributed by atoms with Gasteiger partial charge in [-0.1, -0.05) is 12.8 Å². The number of hydrogen-bond donors (Lipinski definition) is 1. The van der Waals surface area contributed by atoms with Crippen LogP contribution >= 0.6 is 0 Å². The molecule has 3 aromatic rings. The van der Waals surface area contributed by atoms with E-state index >= 15 is 0 Å². The van der Waals surface area contributed by atoms with Crippen molar-refractivity contribution in [2.75, 3.05) is 19.6 Å². The SMILES string of the molecule is O=C(NC[C@H](c1ccco1)N1CCCCC1)c1ccc2c(=O)n3c(nc2c1)CCCCC3. The Balaban J connectivity index is 1.36. The van der Waals surface area contributed by atoms with Crippen molar-refractivity contribution in [1.29, 1.82) is 0 Å². The van der Waals surface area contributed by atoms with Crippen LogP contribution in [0.3, 0.4) is 0 Å². The van der Waals surface area contributed by atoms with Gasteiger partial charge in [-0.15, -0.1) is 0 Å². The number of fused-ring (bicyclic) bond motifs is 2. The summed E-state index contributed by atoms with van der Waals surface area (Å²) < 4.78 is 7.49. The molecule has 5 rings (SSSR count). The lowest BCUT2D eigenvalue weighted by Crippen LogP contribution is -2.40. The largest absolute Gasteiger partial charge is 0.468 e. The molecule has 4 heterocycles. The average Bonchev–Trinajstić information content (AvgIpc) is 3.25. The second-order valence-electron chi connectivity index (χ2n) is 8.87. The molecule has 0 spiro atoms. The van der Waals surface area contributed by atoms with Crippen LogP contribution in [0.1, 0.15) is 66.5 Å². The third-order valence-electron chi connectivity index (χ3n) is 6.74. The maximum absolute atomic E-state index is 13.0. The number of aromatic nitrogens is 2. The molecule has 1 aromatic carbocycles. The minimum Gasteiger partial charge on any atom is -0.468 e. The van der Waals surface area contributed by atoms with E-state index < -0.39 is 0 Å². The maximum Gasteiger partial charge on any atom is 0.261 e. The Morgan fingerprint density at radius 2 is 1.88 bits per heavy atom. The number of rotatable bonds is 5. The van der Waals surface area contributed by atoms with E-state index in [1.54, 1.807) is 24.5 Å². The van der Waals surface area contributed by atoms with Crippen LogP contribution in [0.2, 0.25) is 0 Å². The zero-order valence-corrected chi connectivity index (χ0v) is 18.4. The number of aryl methyl sites for hydroxylation is 1. The summed E-state index contributed by atoms with van der Waals surface area (Å²) in [4.78, 5) is 33.1. The highest BCUT2D eigenvalue weighted by atomic mass is 16.3. The maximum atomic E-state index is 13.0. The van der Waals surface area contributed by atoms with Crippen molar-refractivity contribution in [3.05, 3.63) is 64.1 Å². The fourth-order valence-corrected chi connectivity index (χ4v) is 4.97.